The van der Waals surface area contributed by atoms with Crippen LogP contribution in [0.25, 0.3) is 0 Å². The molecule has 0 aromatic rings. The van der Waals surface area contributed by atoms with Crippen LogP contribution in [-0.4, -0.2) is 15.4 Å². The van der Waals surface area contributed by atoms with Crippen molar-refractivity contribution in [2.75, 3.05) is 6.61 Å². The molecule has 0 saturated carbocycles. The Hall–Kier alpha value is 0.0700. The van der Waals surface area contributed by atoms with Crippen LogP contribution in [-0.2, 0) is 15.5 Å². The smallest absolute Gasteiger partial charge is 0.284 e. The van der Waals surface area contributed by atoms with E-state index in [-0.39, 0.29) is 5.41 Å². The number of rotatable bonds is 3. The van der Waals surface area contributed by atoms with Gasteiger partial charge in [0.1, 0.15) is 0 Å². The molecule has 0 spiro atoms. The van der Waals surface area contributed by atoms with E-state index < -0.39 is 11.4 Å². The summed E-state index contributed by atoms with van der Waals surface area (Å²) in [5, 5.41) is 0. The molecular weight excluding hydrogens is 152 g/mol. The SMILES string of the molecule is CC(C)(C)CCOS(=O)O. The average Bonchev–Trinajstić information content (AvgIpc) is 1.59. The zero-order chi connectivity index (χ0) is 8.20. The van der Waals surface area contributed by atoms with Gasteiger partial charge in [-0.2, -0.15) is 4.21 Å². The maximum absolute atomic E-state index is 9.97. The normalized spacial score (nSPS) is 15.2. The first-order valence-corrected chi connectivity index (χ1v) is 4.19. The quantitative estimate of drug-likeness (QED) is 0.647. The lowest BCUT2D eigenvalue weighted by Gasteiger charge is -2.16. The Kier molecular flexibility index (Phi) is 4.08. The fourth-order valence-corrected chi connectivity index (χ4v) is 0.645. The van der Waals surface area contributed by atoms with Gasteiger partial charge in [-0.15, -0.1) is 0 Å². The van der Waals surface area contributed by atoms with Crippen molar-refractivity contribution in [1.29, 1.82) is 0 Å². The molecule has 0 saturated heterocycles. The standard InChI is InChI=1S/C6H14O3S/c1-6(2,3)4-5-9-10(7)8/h4-5H2,1-3H3,(H,7,8). The maximum atomic E-state index is 9.97. The van der Waals surface area contributed by atoms with Gasteiger partial charge in [0.15, 0.2) is 0 Å². The van der Waals surface area contributed by atoms with Gasteiger partial charge in [-0.05, 0) is 11.8 Å². The Morgan fingerprint density at radius 1 is 1.50 bits per heavy atom. The van der Waals surface area contributed by atoms with E-state index in [0.717, 1.165) is 6.42 Å². The molecule has 0 aliphatic heterocycles. The summed E-state index contributed by atoms with van der Waals surface area (Å²) < 4.78 is 22.6. The van der Waals surface area contributed by atoms with Crippen molar-refractivity contribution in [2.45, 2.75) is 27.2 Å². The molecule has 0 fully saturated rings. The maximum Gasteiger partial charge on any atom is 0.301 e. The van der Waals surface area contributed by atoms with Gasteiger partial charge < -0.3 is 0 Å². The minimum atomic E-state index is -2.10. The zero-order valence-electron chi connectivity index (χ0n) is 6.59. The Morgan fingerprint density at radius 3 is 2.30 bits per heavy atom. The van der Waals surface area contributed by atoms with E-state index in [4.69, 9.17) is 4.55 Å². The largest absolute Gasteiger partial charge is 0.301 e. The van der Waals surface area contributed by atoms with Crippen molar-refractivity contribution in [3.8, 4) is 0 Å². The van der Waals surface area contributed by atoms with Gasteiger partial charge in [0.25, 0.3) is 0 Å². The number of hydrogen-bond acceptors (Lipinski definition) is 2. The molecule has 4 heteroatoms. The Balaban J connectivity index is 3.29. The van der Waals surface area contributed by atoms with Crippen LogP contribution in [0.1, 0.15) is 27.2 Å². The predicted octanol–water partition coefficient (Wildman–Crippen LogP) is 1.58. The average molecular weight is 166 g/mol. The van der Waals surface area contributed by atoms with Gasteiger partial charge in [-0.25, -0.2) is 0 Å². The highest BCUT2D eigenvalue weighted by molar-refractivity contribution is 7.74. The molecule has 0 heterocycles. The molecule has 0 aromatic heterocycles. The van der Waals surface area contributed by atoms with Crippen LogP contribution in [0.5, 0.6) is 0 Å². The molecule has 1 unspecified atom stereocenters. The van der Waals surface area contributed by atoms with Crippen LogP contribution in [0.4, 0.5) is 0 Å². The highest BCUT2D eigenvalue weighted by Crippen LogP contribution is 2.17. The van der Waals surface area contributed by atoms with Crippen molar-refractivity contribution >= 4 is 11.4 Å². The molecule has 0 bridgehead atoms. The fraction of sp³-hybridized carbons (Fsp3) is 1.00. The van der Waals surface area contributed by atoms with Crippen molar-refractivity contribution in [1.82, 2.24) is 0 Å². The number of hydrogen-bond donors (Lipinski definition) is 1. The second-order valence-corrected chi connectivity index (χ2v) is 4.02. The van der Waals surface area contributed by atoms with E-state index in [2.05, 4.69) is 25.0 Å². The molecule has 1 atom stereocenters. The van der Waals surface area contributed by atoms with Crippen molar-refractivity contribution in [3.63, 3.8) is 0 Å². The van der Waals surface area contributed by atoms with Gasteiger partial charge >= 0.3 is 11.4 Å². The van der Waals surface area contributed by atoms with Crippen molar-refractivity contribution < 1.29 is 12.9 Å². The summed E-state index contributed by atoms with van der Waals surface area (Å²) >= 11 is -2.10. The third kappa shape index (κ3) is 8.07. The van der Waals surface area contributed by atoms with E-state index in [9.17, 15) is 4.21 Å². The van der Waals surface area contributed by atoms with Crippen LogP contribution in [0.3, 0.4) is 0 Å². The Labute approximate surface area is 64.3 Å². The molecule has 0 aromatic carbocycles. The van der Waals surface area contributed by atoms with E-state index >= 15 is 0 Å². The lowest BCUT2D eigenvalue weighted by molar-refractivity contribution is 0.242. The third-order valence-electron chi connectivity index (χ3n) is 1.04. The molecule has 62 valence electrons. The summed E-state index contributed by atoms with van der Waals surface area (Å²) in [6, 6.07) is 0. The first-order valence-electron chi connectivity index (χ1n) is 3.16. The minimum Gasteiger partial charge on any atom is -0.284 e. The molecule has 0 aliphatic carbocycles. The Morgan fingerprint density at radius 2 is 2.00 bits per heavy atom. The topological polar surface area (TPSA) is 46.5 Å². The second kappa shape index (κ2) is 4.05. The minimum absolute atomic E-state index is 0.166. The van der Waals surface area contributed by atoms with Gasteiger partial charge in [-0.1, -0.05) is 20.8 Å². The van der Waals surface area contributed by atoms with Crippen LogP contribution in [0.2, 0.25) is 0 Å². The first-order chi connectivity index (χ1) is 4.42. The zero-order valence-corrected chi connectivity index (χ0v) is 7.40. The molecule has 0 aliphatic rings. The van der Waals surface area contributed by atoms with Gasteiger partial charge in [0.05, 0.1) is 6.61 Å². The van der Waals surface area contributed by atoms with Crippen LogP contribution in [0, 0.1) is 5.41 Å². The van der Waals surface area contributed by atoms with E-state index in [1.54, 1.807) is 0 Å². The van der Waals surface area contributed by atoms with Crippen molar-refractivity contribution in [2.24, 2.45) is 5.41 Å². The van der Waals surface area contributed by atoms with E-state index in [1.165, 1.54) is 0 Å². The van der Waals surface area contributed by atoms with E-state index in [1.807, 2.05) is 0 Å². The summed E-state index contributed by atoms with van der Waals surface area (Å²) in [7, 11) is 0. The van der Waals surface area contributed by atoms with Crippen LogP contribution >= 0.6 is 0 Å². The van der Waals surface area contributed by atoms with Crippen LogP contribution in [0.15, 0.2) is 0 Å². The monoisotopic (exact) mass is 166 g/mol. The summed E-state index contributed by atoms with van der Waals surface area (Å²) in [4.78, 5) is 0. The summed E-state index contributed by atoms with van der Waals surface area (Å²) in [6.45, 7) is 6.50. The summed E-state index contributed by atoms with van der Waals surface area (Å²) in [5.41, 5.74) is 0.166. The Bertz CT molecular complexity index is 117. The molecular formula is C6H14O3S. The molecule has 3 nitrogen and oxygen atoms in total. The fourth-order valence-electron chi connectivity index (χ4n) is 0.419. The van der Waals surface area contributed by atoms with Gasteiger partial charge in [-0.3, -0.25) is 8.74 Å². The highest BCUT2D eigenvalue weighted by atomic mass is 32.2. The molecule has 0 rings (SSSR count). The third-order valence-corrected chi connectivity index (χ3v) is 1.40. The first kappa shape index (κ1) is 10.1. The van der Waals surface area contributed by atoms with E-state index in [0.29, 0.717) is 6.61 Å². The lowest BCUT2D eigenvalue weighted by atomic mass is 9.93. The summed E-state index contributed by atoms with van der Waals surface area (Å²) in [5.74, 6) is 0. The molecule has 0 radical (unpaired) electrons. The van der Waals surface area contributed by atoms with Crippen LogP contribution < -0.4 is 0 Å². The summed E-state index contributed by atoms with van der Waals surface area (Å²) in [6.07, 6.45) is 0.791. The molecule has 0 amide bonds. The molecule has 10 heavy (non-hydrogen) atoms. The van der Waals surface area contributed by atoms with Gasteiger partial charge in [0, 0.05) is 0 Å². The highest BCUT2D eigenvalue weighted by Gasteiger charge is 2.09. The van der Waals surface area contributed by atoms with Crippen molar-refractivity contribution in [3.05, 3.63) is 0 Å². The predicted molar refractivity (Wildman–Crippen MR) is 40.8 cm³/mol. The molecule has 1 N–H and O–H groups in total. The van der Waals surface area contributed by atoms with Gasteiger partial charge in [0.2, 0.25) is 0 Å². The lowest BCUT2D eigenvalue weighted by Crippen LogP contribution is -2.10. The second-order valence-electron chi connectivity index (χ2n) is 3.35.